The van der Waals surface area contributed by atoms with Gasteiger partial charge < -0.3 is 9.64 Å². The van der Waals surface area contributed by atoms with Gasteiger partial charge >= 0.3 is 0 Å². The molecule has 2 fully saturated rings. The van der Waals surface area contributed by atoms with E-state index in [-0.39, 0.29) is 31.0 Å². The number of ether oxygens (including phenoxy) is 1. The van der Waals surface area contributed by atoms with E-state index in [1.165, 1.54) is 13.3 Å². The van der Waals surface area contributed by atoms with Gasteiger partial charge in [0.25, 0.3) is 11.8 Å². The van der Waals surface area contributed by atoms with Crippen LogP contribution >= 0.6 is 0 Å². The number of carbonyl (C=O) groups is 1. The molecule has 1 atom stereocenters. The number of nitrogens with zero attached hydrogens (tertiary/aromatic N) is 4. The van der Waals surface area contributed by atoms with E-state index in [2.05, 4.69) is 5.10 Å². The minimum absolute atomic E-state index is 0.0193. The van der Waals surface area contributed by atoms with Crippen LogP contribution in [0.2, 0.25) is 0 Å². The van der Waals surface area contributed by atoms with Gasteiger partial charge in [-0.3, -0.25) is 14.4 Å². The van der Waals surface area contributed by atoms with Crippen LogP contribution in [0, 0.1) is 0 Å². The number of hydrogen-bond acceptors (Lipinski definition) is 4. The van der Waals surface area contributed by atoms with Crippen molar-refractivity contribution < 1.29 is 18.3 Å². The summed E-state index contributed by atoms with van der Waals surface area (Å²) in [6.45, 7) is 0.997. The van der Waals surface area contributed by atoms with Crippen molar-refractivity contribution in [3.05, 3.63) is 18.0 Å². The standard InChI is InChI=1S/C14H20F2N4O2/c1-18-5-10(4-17-18)13(21)19-6-12(7-19)20-9-14(15,16)3-11(20)8-22-2/h4-5,11-12H,3,6-9H2,1-2H3/t11-/m0/s1. The van der Waals surface area contributed by atoms with Crippen LogP contribution in [0.1, 0.15) is 16.8 Å². The summed E-state index contributed by atoms with van der Waals surface area (Å²) in [5.74, 6) is -2.77. The molecule has 1 aromatic heterocycles. The zero-order valence-electron chi connectivity index (χ0n) is 12.7. The van der Waals surface area contributed by atoms with Gasteiger partial charge in [0.1, 0.15) is 0 Å². The van der Waals surface area contributed by atoms with E-state index in [1.807, 2.05) is 0 Å². The number of aryl methyl sites for hydroxylation is 1. The summed E-state index contributed by atoms with van der Waals surface area (Å²) < 4.78 is 33.9. The van der Waals surface area contributed by atoms with Crippen molar-refractivity contribution in [3.63, 3.8) is 0 Å². The highest BCUT2D eigenvalue weighted by Gasteiger charge is 2.50. The minimum Gasteiger partial charge on any atom is -0.383 e. The Bertz CT molecular complexity index is 557. The lowest BCUT2D eigenvalue weighted by atomic mass is 10.0. The Hall–Kier alpha value is -1.54. The van der Waals surface area contributed by atoms with Crippen molar-refractivity contribution >= 4 is 5.91 Å². The van der Waals surface area contributed by atoms with E-state index in [0.29, 0.717) is 25.3 Å². The van der Waals surface area contributed by atoms with Crippen molar-refractivity contribution in [3.8, 4) is 0 Å². The van der Waals surface area contributed by atoms with Gasteiger partial charge in [0, 0.05) is 51.9 Å². The molecule has 0 saturated carbocycles. The third-order valence-corrected chi connectivity index (χ3v) is 4.35. The lowest BCUT2D eigenvalue weighted by Gasteiger charge is -2.45. The highest BCUT2D eigenvalue weighted by molar-refractivity contribution is 5.94. The zero-order valence-corrected chi connectivity index (χ0v) is 12.7. The smallest absolute Gasteiger partial charge is 0.262 e. The van der Waals surface area contributed by atoms with E-state index in [1.54, 1.807) is 27.7 Å². The first-order valence-corrected chi connectivity index (χ1v) is 7.30. The van der Waals surface area contributed by atoms with Gasteiger partial charge in [0.15, 0.2) is 0 Å². The van der Waals surface area contributed by atoms with Crippen LogP contribution in [0.15, 0.2) is 12.4 Å². The maximum Gasteiger partial charge on any atom is 0.262 e. The van der Waals surface area contributed by atoms with E-state index in [9.17, 15) is 13.6 Å². The Balaban J connectivity index is 1.59. The average Bonchev–Trinajstić information content (AvgIpc) is 2.92. The monoisotopic (exact) mass is 314 g/mol. The molecule has 22 heavy (non-hydrogen) atoms. The molecular weight excluding hydrogens is 294 g/mol. The first-order chi connectivity index (χ1) is 10.4. The van der Waals surface area contributed by atoms with Crippen LogP contribution in [-0.2, 0) is 11.8 Å². The second kappa shape index (κ2) is 5.58. The van der Waals surface area contributed by atoms with Crippen LogP contribution in [0.3, 0.4) is 0 Å². The second-order valence-corrected chi connectivity index (χ2v) is 6.11. The molecule has 3 rings (SSSR count). The first kappa shape index (κ1) is 15.4. The van der Waals surface area contributed by atoms with Crippen LogP contribution in [0.25, 0.3) is 0 Å². The number of likely N-dealkylation sites (tertiary alicyclic amines) is 2. The molecule has 0 aromatic carbocycles. The summed E-state index contributed by atoms with van der Waals surface area (Å²) in [6, 6.07) is -0.296. The molecule has 0 spiro atoms. The van der Waals surface area contributed by atoms with E-state index < -0.39 is 5.92 Å². The second-order valence-electron chi connectivity index (χ2n) is 6.11. The molecule has 122 valence electrons. The van der Waals surface area contributed by atoms with Gasteiger partial charge in [-0.05, 0) is 0 Å². The molecule has 0 aliphatic carbocycles. The molecule has 0 N–H and O–H groups in total. The Morgan fingerprint density at radius 2 is 2.23 bits per heavy atom. The van der Waals surface area contributed by atoms with Crippen molar-refractivity contribution in [2.24, 2.45) is 7.05 Å². The van der Waals surface area contributed by atoms with Gasteiger partial charge in [0.2, 0.25) is 0 Å². The Kier molecular flexibility index (Phi) is 3.90. The fraction of sp³-hybridized carbons (Fsp3) is 0.714. The number of rotatable bonds is 4. The van der Waals surface area contributed by atoms with Crippen LogP contribution in [0.4, 0.5) is 8.78 Å². The number of amides is 1. The summed E-state index contributed by atoms with van der Waals surface area (Å²) in [5.41, 5.74) is 0.529. The highest BCUT2D eigenvalue weighted by Crippen LogP contribution is 2.35. The first-order valence-electron chi connectivity index (χ1n) is 7.30. The third kappa shape index (κ3) is 2.85. The molecule has 8 heteroatoms. The Morgan fingerprint density at radius 3 is 2.82 bits per heavy atom. The number of alkyl halides is 2. The molecule has 1 aromatic rings. The van der Waals surface area contributed by atoms with Gasteiger partial charge in [0.05, 0.1) is 24.9 Å². The van der Waals surface area contributed by atoms with Gasteiger partial charge in [-0.15, -0.1) is 0 Å². The minimum atomic E-state index is -2.67. The molecule has 6 nitrogen and oxygen atoms in total. The van der Waals surface area contributed by atoms with E-state index >= 15 is 0 Å². The summed E-state index contributed by atoms with van der Waals surface area (Å²) in [4.78, 5) is 15.7. The highest BCUT2D eigenvalue weighted by atomic mass is 19.3. The molecule has 2 saturated heterocycles. The predicted octanol–water partition coefficient (Wildman–Crippen LogP) is 0.600. The normalized spacial score (nSPS) is 25.5. The molecule has 3 heterocycles. The predicted molar refractivity (Wildman–Crippen MR) is 74.8 cm³/mol. The molecule has 0 unspecified atom stereocenters. The largest absolute Gasteiger partial charge is 0.383 e. The average molecular weight is 314 g/mol. The number of hydrogen-bond donors (Lipinski definition) is 0. The van der Waals surface area contributed by atoms with Crippen molar-refractivity contribution in [1.82, 2.24) is 19.6 Å². The van der Waals surface area contributed by atoms with Gasteiger partial charge in [-0.2, -0.15) is 5.10 Å². The molecular formula is C14H20F2N4O2. The quantitative estimate of drug-likeness (QED) is 0.817. The van der Waals surface area contributed by atoms with E-state index in [4.69, 9.17) is 4.74 Å². The van der Waals surface area contributed by atoms with Crippen molar-refractivity contribution in [2.45, 2.75) is 24.4 Å². The lowest BCUT2D eigenvalue weighted by Crippen LogP contribution is -2.62. The zero-order chi connectivity index (χ0) is 15.9. The summed E-state index contributed by atoms with van der Waals surface area (Å²) >= 11 is 0. The lowest BCUT2D eigenvalue weighted by molar-refractivity contribution is -0.0136. The van der Waals surface area contributed by atoms with Crippen LogP contribution < -0.4 is 0 Å². The topological polar surface area (TPSA) is 50.6 Å². The maximum atomic E-state index is 13.6. The number of halogens is 2. The Labute approximate surface area is 127 Å². The third-order valence-electron chi connectivity index (χ3n) is 4.35. The molecule has 0 radical (unpaired) electrons. The molecule has 2 aliphatic heterocycles. The summed E-state index contributed by atoms with van der Waals surface area (Å²) in [5, 5.41) is 3.97. The Morgan fingerprint density at radius 1 is 1.50 bits per heavy atom. The molecule has 1 amide bonds. The maximum absolute atomic E-state index is 13.6. The SMILES string of the molecule is COC[C@@H]1CC(F)(F)CN1C1CN(C(=O)c2cnn(C)c2)C1. The number of carbonyl (C=O) groups excluding carboxylic acids is 1. The van der Waals surface area contributed by atoms with Crippen molar-refractivity contribution in [2.75, 3.05) is 33.4 Å². The number of aromatic nitrogens is 2. The number of methoxy groups -OCH3 is 1. The van der Waals surface area contributed by atoms with Crippen molar-refractivity contribution in [1.29, 1.82) is 0 Å². The van der Waals surface area contributed by atoms with Gasteiger partial charge in [-0.1, -0.05) is 0 Å². The fourth-order valence-corrected chi connectivity index (χ4v) is 3.24. The van der Waals surface area contributed by atoms with E-state index in [0.717, 1.165) is 0 Å². The van der Waals surface area contributed by atoms with Crippen LogP contribution in [0.5, 0.6) is 0 Å². The summed E-state index contributed by atoms with van der Waals surface area (Å²) in [6.07, 6.45) is 3.01. The summed E-state index contributed by atoms with van der Waals surface area (Å²) in [7, 11) is 3.27. The van der Waals surface area contributed by atoms with Crippen LogP contribution in [-0.4, -0.2) is 76.8 Å². The molecule has 0 bridgehead atoms. The molecule has 2 aliphatic rings. The fourth-order valence-electron chi connectivity index (χ4n) is 3.24. The van der Waals surface area contributed by atoms with Gasteiger partial charge in [-0.25, -0.2) is 8.78 Å².